The van der Waals surface area contributed by atoms with E-state index >= 15 is 0 Å². The van der Waals surface area contributed by atoms with Gasteiger partial charge in [-0.1, -0.05) is 18.5 Å². The Hall–Kier alpha value is -2.43. The lowest BCUT2D eigenvalue weighted by atomic mass is 10.2. The van der Waals surface area contributed by atoms with Gasteiger partial charge < -0.3 is 0 Å². The predicted octanol–water partition coefficient (Wildman–Crippen LogP) is 2.83. The van der Waals surface area contributed by atoms with Crippen molar-refractivity contribution in [2.45, 2.75) is 26.4 Å². The minimum absolute atomic E-state index is 0.389. The van der Waals surface area contributed by atoms with Gasteiger partial charge in [-0.3, -0.25) is 9.58 Å². The largest absolute Gasteiger partial charge is 0.285 e. The van der Waals surface area contributed by atoms with Crippen molar-refractivity contribution >= 4 is 17.1 Å². The number of nitrogens with zero attached hydrogens (tertiary/aromatic N) is 7. The van der Waals surface area contributed by atoms with Crippen LogP contribution in [0.3, 0.4) is 0 Å². The maximum Gasteiger partial charge on any atom is 0.148 e. The molecule has 7 nitrogen and oxygen atoms in total. The number of unbranched alkanes of at least 4 members (excludes halogenated alkanes) is 1. The van der Waals surface area contributed by atoms with Crippen LogP contribution in [0.4, 0.5) is 0 Å². The number of hydrogen-bond acceptors (Lipinski definition) is 5. The second-order valence-corrected chi connectivity index (χ2v) is 5.84. The van der Waals surface area contributed by atoms with Gasteiger partial charge in [0.2, 0.25) is 0 Å². The molecule has 0 spiro atoms. The summed E-state index contributed by atoms with van der Waals surface area (Å²) in [6.07, 6.45) is 8.58. The molecule has 0 aliphatic carbocycles. The first kappa shape index (κ1) is 16.4. The Labute approximate surface area is 145 Å². The van der Waals surface area contributed by atoms with Crippen LogP contribution in [0.1, 0.15) is 19.8 Å². The van der Waals surface area contributed by atoms with Gasteiger partial charge in [-0.05, 0) is 19.0 Å². The zero-order valence-electron chi connectivity index (χ0n) is 13.4. The van der Waals surface area contributed by atoms with Gasteiger partial charge in [-0.15, -0.1) is 0 Å². The van der Waals surface area contributed by atoms with E-state index in [2.05, 4.69) is 33.1 Å². The van der Waals surface area contributed by atoms with E-state index in [1.54, 1.807) is 23.1 Å². The molecule has 0 atom stereocenters. The van der Waals surface area contributed by atoms with E-state index in [-0.39, 0.29) is 0 Å². The van der Waals surface area contributed by atoms with Gasteiger partial charge in [-0.25, -0.2) is 9.50 Å². The first-order chi connectivity index (χ1) is 11.7. The lowest BCUT2D eigenvalue weighted by Crippen LogP contribution is -2.27. The van der Waals surface area contributed by atoms with Crippen molar-refractivity contribution < 1.29 is 0 Å². The zero-order chi connectivity index (χ0) is 16.9. The van der Waals surface area contributed by atoms with Crippen molar-refractivity contribution in [2.24, 2.45) is 0 Å². The molecule has 0 aliphatic rings. The lowest BCUT2D eigenvalue weighted by Gasteiger charge is -2.19. The first-order valence-electron chi connectivity index (χ1n) is 7.83. The Morgan fingerprint density at radius 3 is 3.00 bits per heavy atom. The predicted molar refractivity (Wildman–Crippen MR) is 91.3 cm³/mol. The van der Waals surface area contributed by atoms with Crippen LogP contribution < -0.4 is 0 Å². The van der Waals surface area contributed by atoms with Gasteiger partial charge in [0.15, 0.2) is 0 Å². The smallest absolute Gasteiger partial charge is 0.148 e. The average Bonchev–Trinajstić information content (AvgIpc) is 3.22. The van der Waals surface area contributed by atoms with Crippen LogP contribution in [0, 0.1) is 11.3 Å². The molecule has 0 saturated carbocycles. The molecule has 0 amide bonds. The Morgan fingerprint density at radius 1 is 1.33 bits per heavy atom. The highest BCUT2D eigenvalue weighted by atomic mass is 35.5. The summed E-state index contributed by atoms with van der Waals surface area (Å²) >= 11 is 6.08. The fraction of sp³-hybridized carbons (Fsp3) is 0.375. The highest BCUT2D eigenvalue weighted by Crippen LogP contribution is 2.23. The highest BCUT2D eigenvalue weighted by molar-refractivity contribution is 6.29. The number of aromatic nitrogens is 5. The van der Waals surface area contributed by atoms with Crippen molar-refractivity contribution in [3.8, 4) is 17.3 Å². The molecule has 0 aromatic carbocycles. The van der Waals surface area contributed by atoms with Gasteiger partial charge in [0.25, 0.3) is 0 Å². The molecular weight excluding hydrogens is 326 g/mol. The normalized spacial score (nSPS) is 11.2. The van der Waals surface area contributed by atoms with E-state index in [1.165, 1.54) is 0 Å². The van der Waals surface area contributed by atoms with E-state index in [0.717, 1.165) is 36.3 Å². The summed E-state index contributed by atoms with van der Waals surface area (Å²) in [5.41, 5.74) is 2.55. The summed E-state index contributed by atoms with van der Waals surface area (Å²) in [6, 6.07) is 4.08. The van der Waals surface area contributed by atoms with E-state index in [4.69, 9.17) is 16.9 Å². The third-order valence-electron chi connectivity index (χ3n) is 3.82. The quantitative estimate of drug-likeness (QED) is 0.616. The number of fused-ring (bicyclic) bond motifs is 1. The monoisotopic (exact) mass is 343 g/mol. The molecule has 0 radical (unpaired) electrons. The maximum atomic E-state index is 8.65. The summed E-state index contributed by atoms with van der Waals surface area (Å²) in [5.74, 6) is 0. The molecule has 3 heterocycles. The first-order valence-corrected chi connectivity index (χ1v) is 8.21. The zero-order valence-corrected chi connectivity index (χ0v) is 14.2. The number of rotatable bonds is 7. The topological polar surface area (TPSA) is 75.0 Å². The Morgan fingerprint density at radius 2 is 2.21 bits per heavy atom. The maximum absolute atomic E-state index is 8.65. The second kappa shape index (κ2) is 7.43. The lowest BCUT2D eigenvalue weighted by molar-refractivity contribution is 0.216. The van der Waals surface area contributed by atoms with Crippen molar-refractivity contribution in [1.29, 1.82) is 5.26 Å². The van der Waals surface area contributed by atoms with E-state index in [1.807, 2.05) is 16.9 Å². The summed E-state index contributed by atoms with van der Waals surface area (Å²) < 4.78 is 3.59. The molecule has 124 valence electrons. The molecule has 0 N–H and O–H groups in total. The molecule has 3 rings (SSSR count). The van der Waals surface area contributed by atoms with Crippen LogP contribution in [0.2, 0.25) is 5.15 Å². The van der Waals surface area contributed by atoms with E-state index < -0.39 is 0 Å². The van der Waals surface area contributed by atoms with Gasteiger partial charge in [-0.2, -0.15) is 15.5 Å². The fourth-order valence-corrected chi connectivity index (χ4v) is 2.77. The van der Waals surface area contributed by atoms with Crippen LogP contribution >= 0.6 is 11.6 Å². The van der Waals surface area contributed by atoms with Crippen LogP contribution in [0.15, 0.2) is 30.9 Å². The molecular formula is C16H18ClN7. The molecule has 3 aromatic rings. The van der Waals surface area contributed by atoms with Gasteiger partial charge in [0, 0.05) is 24.7 Å². The van der Waals surface area contributed by atoms with Crippen molar-refractivity contribution in [3.63, 3.8) is 0 Å². The van der Waals surface area contributed by atoms with Crippen molar-refractivity contribution in [2.75, 3.05) is 13.1 Å². The Kier molecular flexibility index (Phi) is 5.08. The second-order valence-electron chi connectivity index (χ2n) is 5.46. The van der Waals surface area contributed by atoms with Gasteiger partial charge in [0.05, 0.1) is 36.8 Å². The molecule has 0 fully saturated rings. The van der Waals surface area contributed by atoms with Crippen LogP contribution in [-0.2, 0) is 6.67 Å². The molecule has 3 aromatic heterocycles. The number of halogens is 1. The summed E-state index contributed by atoms with van der Waals surface area (Å²) in [7, 11) is 0. The number of hydrogen-bond donors (Lipinski definition) is 0. The summed E-state index contributed by atoms with van der Waals surface area (Å²) in [6.45, 7) is 4.56. The standard InChI is InChI=1S/C16H18ClN7/c1-2-22(8-4-3-6-18)12-23-10-13(9-20-23)16-14-5-7-19-24(14)11-15(17)21-16/h5,7,9-11H,2-4,8,12H2,1H3. The number of nitriles is 1. The van der Waals surface area contributed by atoms with E-state index in [9.17, 15) is 0 Å². The summed E-state index contributed by atoms with van der Waals surface area (Å²) in [4.78, 5) is 6.66. The van der Waals surface area contributed by atoms with Crippen LogP contribution in [0.5, 0.6) is 0 Å². The highest BCUT2D eigenvalue weighted by Gasteiger charge is 2.12. The Bertz CT molecular complexity index is 861. The molecule has 8 heteroatoms. The molecule has 0 bridgehead atoms. The summed E-state index contributed by atoms with van der Waals surface area (Å²) in [5, 5.41) is 17.7. The third-order valence-corrected chi connectivity index (χ3v) is 4.00. The minimum Gasteiger partial charge on any atom is -0.285 e. The van der Waals surface area contributed by atoms with Crippen LogP contribution in [0.25, 0.3) is 16.8 Å². The van der Waals surface area contributed by atoms with E-state index in [0.29, 0.717) is 18.2 Å². The Balaban J connectivity index is 1.79. The third kappa shape index (κ3) is 3.55. The van der Waals surface area contributed by atoms with Crippen LogP contribution in [-0.4, -0.2) is 42.4 Å². The SMILES string of the molecule is CCN(CCCC#N)Cn1cc(-c2nc(Cl)cn3nccc23)cn1. The molecule has 0 saturated heterocycles. The minimum atomic E-state index is 0.389. The van der Waals surface area contributed by atoms with Gasteiger partial charge in [0.1, 0.15) is 10.8 Å². The van der Waals surface area contributed by atoms with Crippen molar-refractivity contribution in [1.82, 2.24) is 29.3 Å². The molecule has 0 unspecified atom stereocenters. The molecule has 0 aliphatic heterocycles. The molecule has 24 heavy (non-hydrogen) atoms. The fourth-order valence-electron chi connectivity index (χ4n) is 2.59. The average molecular weight is 344 g/mol. The van der Waals surface area contributed by atoms with Crippen molar-refractivity contribution in [3.05, 3.63) is 36.0 Å². The van der Waals surface area contributed by atoms with Gasteiger partial charge >= 0.3 is 0 Å².